The summed E-state index contributed by atoms with van der Waals surface area (Å²) in [6.45, 7) is 0. The van der Waals surface area contributed by atoms with Crippen LogP contribution in [0.15, 0.2) is 84.9 Å². The Kier molecular flexibility index (Phi) is 5.27. The average Bonchev–Trinajstić information content (AvgIpc) is 3.53. The Morgan fingerprint density at radius 3 is 2.21 bits per heavy atom. The van der Waals surface area contributed by atoms with Gasteiger partial charge in [0.1, 0.15) is 11.6 Å². The van der Waals surface area contributed by atoms with Crippen molar-refractivity contribution in [3.8, 4) is 11.1 Å². The molecule has 7 heteroatoms. The molecule has 1 saturated carbocycles. The van der Waals surface area contributed by atoms with E-state index < -0.39 is 35.4 Å². The smallest absolute Gasteiger partial charge is 0.418 e. The average molecular weight is 463 g/mol. The van der Waals surface area contributed by atoms with Crippen molar-refractivity contribution in [1.29, 1.82) is 0 Å². The van der Waals surface area contributed by atoms with Gasteiger partial charge in [0.15, 0.2) is 0 Å². The zero-order valence-corrected chi connectivity index (χ0v) is 18.0. The number of amides is 2. The SMILES string of the molecule is O=C(C=Cc1ccccc1-c1ccccc1C(F)(F)F)N1C(=O)OC2(CC2)C1c1ccccc1. The molecule has 34 heavy (non-hydrogen) atoms. The van der Waals surface area contributed by atoms with Gasteiger partial charge in [0.25, 0.3) is 5.91 Å². The quantitative estimate of drug-likeness (QED) is 0.408. The number of halogens is 3. The van der Waals surface area contributed by atoms with Gasteiger partial charge in [-0.3, -0.25) is 4.79 Å². The number of benzene rings is 3. The maximum atomic E-state index is 13.6. The number of hydrogen-bond donors (Lipinski definition) is 0. The topological polar surface area (TPSA) is 46.6 Å². The van der Waals surface area contributed by atoms with Gasteiger partial charge in [-0.25, -0.2) is 9.69 Å². The van der Waals surface area contributed by atoms with Gasteiger partial charge in [0, 0.05) is 6.08 Å². The molecule has 0 N–H and O–H groups in total. The molecule has 2 fully saturated rings. The Morgan fingerprint density at radius 2 is 1.53 bits per heavy atom. The molecule has 3 aromatic rings. The molecule has 1 aliphatic heterocycles. The Bertz CT molecular complexity index is 1280. The number of carbonyl (C=O) groups is 2. The molecule has 5 rings (SSSR count). The predicted octanol–water partition coefficient (Wildman–Crippen LogP) is 6.64. The van der Waals surface area contributed by atoms with Crippen LogP contribution in [0.4, 0.5) is 18.0 Å². The molecule has 1 atom stereocenters. The number of alkyl halides is 3. The lowest BCUT2D eigenvalue weighted by atomic mass is 9.94. The second kappa shape index (κ2) is 8.17. The molecular formula is C27H20F3NO3. The van der Waals surface area contributed by atoms with E-state index in [2.05, 4.69) is 0 Å². The third kappa shape index (κ3) is 3.87. The maximum Gasteiger partial charge on any atom is 0.418 e. The zero-order chi connectivity index (χ0) is 23.9. The van der Waals surface area contributed by atoms with Crippen LogP contribution in [0.5, 0.6) is 0 Å². The standard InChI is InChI=1S/C27H20F3NO3/c28-27(29,30)22-13-7-6-12-21(22)20-11-5-4-8-18(20)14-15-23(32)31-24(19-9-2-1-3-10-19)26(16-17-26)34-25(31)33/h1-15,24H,16-17H2. The summed E-state index contributed by atoms with van der Waals surface area (Å²) in [5, 5.41) is 0. The van der Waals surface area contributed by atoms with Crippen LogP contribution in [0.3, 0.4) is 0 Å². The van der Waals surface area contributed by atoms with E-state index in [1.165, 1.54) is 30.4 Å². The molecule has 2 amide bonds. The first-order chi connectivity index (χ1) is 16.3. The Labute approximate surface area is 194 Å². The number of nitrogens with zero attached hydrogens (tertiary/aromatic N) is 1. The van der Waals surface area contributed by atoms with Crippen molar-refractivity contribution in [2.24, 2.45) is 0 Å². The van der Waals surface area contributed by atoms with Crippen molar-refractivity contribution < 1.29 is 27.5 Å². The van der Waals surface area contributed by atoms with Crippen LogP contribution in [0, 0.1) is 0 Å². The number of ether oxygens (including phenoxy) is 1. The van der Waals surface area contributed by atoms with E-state index in [4.69, 9.17) is 4.74 Å². The molecule has 4 nitrogen and oxygen atoms in total. The van der Waals surface area contributed by atoms with Crippen molar-refractivity contribution in [3.63, 3.8) is 0 Å². The van der Waals surface area contributed by atoms with Crippen LogP contribution >= 0.6 is 0 Å². The third-order valence-electron chi connectivity index (χ3n) is 6.23. The summed E-state index contributed by atoms with van der Waals surface area (Å²) in [5.41, 5.74) is 0.115. The molecule has 1 saturated heterocycles. The number of hydrogen-bond acceptors (Lipinski definition) is 3. The lowest BCUT2D eigenvalue weighted by Gasteiger charge is -2.22. The molecule has 2 aliphatic rings. The van der Waals surface area contributed by atoms with E-state index in [-0.39, 0.29) is 5.56 Å². The summed E-state index contributed by atoms with van der Waals surface area (Å²) >= 11 is 0. The molecule has 172 valence electrons. The van der Waals surface area contributed by atoms with Crippen LogP contribution in [0.2, 0.25) is 0 Å². The highest BCUT2D eigenvalue weighted by atomic mass is 19.4. The first kappa shape index (κ1) is 21.9. The van der Waals surface area contributed by atoms with E-state index in [0.29, 0.717) is 24.0 Å². The van der Waals surface area contributed by atoms with Crippen LogP contribution in [0.1, 0.15) is 35.6 Å². The van der Waals surface area contributed by atoms with Crippen molar-refractivity contribution in [1.82, 2.24) is 4.90 Å². The highest BCUT2D eigenvalue weighted by Crippen LogP contribution is 2.56. The Hall–Kier alpha value is -3.87. The van der Waals surface area contributed by atoms with Gasteiger partial charge >= 0.3 is 12.3 Å². The lowest BCUT2D eigenvalue weighted by molar-refractivity contribution is -0.137. The molecule has 3 aromatic carbocycles. The first-order valence-corrected chi connectivity index (χ1v) is 10.8. The Morgan fingerprint density at radius 1 is 0.912 bits per heavy atom. The fourth-order valence-electron chi connectivity index (χ4n) is 4.52. The minimum Gasteiger partial charge on any atom is -0.440 e. The highest BCUT2D eigenvalue weighted by molar-refractivity contribution is 6.03. The van der Waals surface area contributed by atoms with Crippen molar-refractivity contribution >= 4 is 18.1 Å². The van der Waals surface area contributed by atoms with E-state index in [9.17, 15) is 22.8 Å². The molecule has 0 aromatic heterocycles. The van der Waals surface area contributed by atoms with Gasteiger partial charge in [-0.2, -0.15) is 13.2 Å². The van der Waals surface area contributed by atoms with E-state index in [1.54, 1.807) is 24.3 Å². The van der Waals surface area contributed by atoms with E-state index >= 15 is 0 Å². The predicted molar refractivity (Wildman–Crippen MR) is 120 cm³/mol. The molecular weight excluding hydrogens is 443 g/mol. The van der Waals surface area contributed by atoms with Gasteiger partial charge in [0.2, 0.25) is 0 Å². The lowest BCUT2D eigenvalue weighted by Crippen LogP contribution is -2.34. The third-order valence-corrected chi connectivity index (χ3v) is 6.23. The monoisotopic (exact) mass is 463 g/mol. The maximum absolute atomic E-state index is 13.6. The second-order valence-corrected chi connectivity index (χ2v) is 8.42. The van der Waals surface area contributed by atoms with E-state index in [1.807, 2.05) is 30.3 Å². The summed E-state index contributed by atoms with van der Waals surface area (Å²) in [7, 11) is 0. The summed E-state index contributed by atoms with van der Waals surface area (Å²) < 4.78 is 46.3. The van der Waals surface area contributed by atoms with Crippen molar-refractivity contribution in [2.75, 3.05) is 0 Å². The van der Waals surface area contributed by atoms with Crippen LogP contribution < -0.4 is 0 Å². The molecule has 1 unspecified atom stereocenters. The molecule has 1 heterocycles. The fraction of sp³-hybridized carbons (Fsp3) is 0.185. The fourth-order valence-corrected chi connectivity index (χ4v) is 4.52. The number of rotatable bonds is 4. The molecule has 1 aliphatic carbocycles. The molecule has 0 bridgehead atoms. The van der Waals surface area contributed by atoms with Gasteiger partial charge < -0.3 is 4.74 Å². The largest absolute Gasteiger partial charge is 0.440 e. The minimum absolute atomic E-state index is 0.0161. The zero-order valence-electron chi connectivity index (χ0n) is 18.0. The number of carbonyl (C=O) groups excluding carboxylic acids is 2. The van der Waals surface area contributed by atoms with Gasteiger partial charge in [-0.1, -0.05) is 72.8 Å². The van der Waals surface area contributed by atoms with Crippen LogP contribution in [-0.4, -0.2) is 22.5 Å². The normalized spacial score (nSPS) is 19.0. The second-order valence-electron chi connectivity index (χ2n) is 8.42. The molecule has 1 spiro atoms. The summed E-state index contributed by atoms with van der Waals surface area (Å²) in [5.74, 6) is -0.582. The van der Waals surface area contributed by atoms with Gasteiger partial charge in [-0.05, 0) is 47.2 Å². The van der Waals surface area contributed by atoms with Crippen LogP contribution in [0.25, 0.3) is 17.2 Å². The van der Waals surface area contributed by atoms with E-state index in [0.717, 1.165) is 16.5 Å². The van der Waals surface area contributed by atoms with Crippen LogP contribution in [-0.2, 0) is 15.7 Å². The summed E-state index contributed by atoms with van der Waals surface area (Å²) in [4.78, 5) is 26.9. The van der Waals surface area contributed by atoms with Crippen molar-refractivity contribution in [2.45, 2.75) is 30.7 Å². The summed E-state index contributed by atoms with van der Waals surface area (Å²) in [6, 6.07) is 20.5. The Balaban J connectivity index is 1.48. The minimum atomic E-state index is -4.52. The highest BCUT2D eigenvalue weighted by Gasteiger charge is 2.63. The first-order valence-electron chi connectivity index (χ1n) is 10.8. The van der Waals surface area contributed by atoms with Gasteiger partial charge in [-0.15, -0.1) is 0 Å². The summed E-state index contributed by atoms with van der Waals surface area (Å²) in [6.07, 6.45) is -1.24. The van der Waals surface area contributed by atoms with Crippen molar-refractivity contribution in [3.05, 3.63) is 102 Å². The molecule has 0 radical (unpaired) electrons. The van der Waals surface area contributed by atoms with Gasteiger partial charge in [0.05, 0.1) is 5.56 Å². The number of imide groups is 1.